The minimum atomic E-state index is -0.919. The lowest BCUT2D eigenvalue weighted by Gasteiger charge is -2.27. The minimum Gasteiger partial charge on any atom is -0.497 e. The summed E-state index contributed by atoms with van der Waals surface area (Å²) in [6, 6.07) is 10.6. The first-order chi connectivity index (χ1) is 13.3. The van der Waals surface area contributed by atoms with Crippen molar-refractivity contribution >= 4 is 5.91 Å². The second kappa shape index (κ2) is 10.0. The maximum Gasteiger partial charge on any atom is 0.236 e. The zero-order valence-corrected chi connectivity index (χ0v) is 16.6. The predicted molar refractivity (Wildman–Crippen MR) is 104 cm³/mol. The molecule has 152 valence electrons. The van der Waals surface area contributed by atoms with Gasteiger partial charge in [-0.05, 0) is 55.9 Å². The van der Waals surface area contributed by atoms with E-state index in [1.54, 1.807) is 21.1 Å². The molecule has 2 aromatic rings. The first-order valence-electron chi connectivity index (χ1n) is 8.97. The van der Waals surface area contributed by atoms with E-state index in [0.29, 0.717) is 18.7 Å². The van der Waals surface area contributed by atoms with E-state index in [1.165, 1.54) is 11.0 Å². The second-order valence-corrected chi connectivity index (χ2v) is 6.62. The number of carbonyl (C=O) groups excluding carboxylic acids is 1. The number of rotatable bonds is 9. The highest BCUT2D eigenvalue weighted by Gasteiger charge is 2.19. The fraction of sp³-hybridized carbons (Fsp3) is 0.381. The summed E-state index contributed by atoms with van der Waals surface area (Å²) in [6.07, 6.45) is 0. The molecule has 0 saturated heterocycles. The van der Waals surface area contributed by atoms with Crippen molar-refractivity contribution in [2.75, 3.05) is 40.9 Å². The average Bonchev–Trinajstić information content (AvgIpc) is 2.69. The SMILES string of the molecule is COc1ccc(OCCN(C)CC(=O)N(C)C(C)c2ccc(F)c(F)c2)cc1. The summed E-state index contributed by atoms with van der Waals surface area (Å²) >= 11 is 0. The Labute approximate surface area is 164 Å². The molecule has 1 amide bonds. The Morgan fingerprint density at radius 3 is 2.29 bits per heavy atom. The van der Waals surface area contributed by atoms with Crippen LogP contribution in [0.3, 0.4) is 0 Å². The molecule has 0 aromatic heterocycles. The van der Waals surface area contributed by atoms with Gasteiger partial charge in [0.05, 0.1) is 19.7 Å². The van der Waals surface area contributed by atoms with E-state index in [2.05, 4.69) is 0 Å². The number of hydrogen-bond donors (Lipinski definition) is 0. The van der Waals surface area contributed by atoms with Gasteiger partial charge in [-0.1, -0.05) is 6.07 Å². The highest BCUT2D eigenvalue weighted by Crippen LogP contribution is 2.21. The van der Waals surface area contributed by atoms with Gasteiger partial charge in [-0.2, -0.15) is 0 Å². The Bertz CT molecular complexity index is 784. The fourth-order valence-electron chi connectivity index (χ4n) is 2.62. The number of ether oxygens (including phenoxy) is 2. The molecular weight excluding hydrogens is 366 g/mol. The van der Waals surface area contributed by atoms with Gasteiger partial charge in [-0.3, -0.25) is 9.69 Å². The quantitative estimate of drug-likeness (QED) is 0.655. The second-order valence-electron chi connectivity index (χ2n) is 6.62. The van der Waals surface area contributed by atoms with Gasteiger partial charge in [-0.25, -0.2) is 8.78 Å². The van der Waals surface area contributed by atoms with Crippen molar-refractivity contribution in [1.29, 1.82) is 0 Å². The third kappa shape index (κ3) is 5.92. The van der Waals surface area contributed by atoms with Gasteiger partial charge in [0.25, 0.3) is 0 Å². The van der Waals surface area contributed by atoms with Gasteiger partial charge >= 0.3 is 0 Å². The van der Waals surface area contributed by atoms with Crippen LogP contribution in [0.25, 0.3) is 0 Å². The van der Waals surface area contributed by atoms with Crippen LogP contribution in [0.15, 0.2) is 42.5 Å². The predicted octanol–water partition coefficient (Wildman–Crippen LogP) is 3.50. The molecule has 0 heterocycles. The summed E-state index contributed by atoms with van der Waals surface area (Å²) in [4.78, 5) is 15.9. The van der Waals surface area contributed by atoms with Crippen LogP contribution in [0.1, 0.15) is 18.5 Å². The highest BCUT2D eigenvalue weighted by molar-refractivity contribution is 5.78. The Kier molecular flexibility index (Phi) is 7.75. The number of carbonyl (C=O) groups is 1. The number of methoxy groups -OCH3 is 1. The lowest BCUT2D eigenvalue weighted by molar-refractivity contribution is -0.132. The Hall–Kier alpha value is -2.67. The largest absolute Gasteiger partial charge is 0.497 e. The number of amides is 1. The highest BCUT2D eigenvalue weighted by atomic mass is 19.2. The molecule has 0 aliphatic rings. The van der Waals surface area contributed by atoms with Crippen LogP contribution in [0.2, 0.25) is 0 Å². The number of halogens is 2. The molecule has 0 N–H and O–H groups in total. The molecule has 2 rings (SSSR count). The molecule has 7 heteroatoms. The van der Waals surface area contributed by atoms with E-state index < -0.39 is 11.6 Å². The summed E-state index contributed by atoms with van der Waals surface area (Å²) in [5, 5.41) is 0. The van der Waals surface area contributed by atoms with Gasteiger partial charge in [0.1, 0.15) is 18.1 Å². The molecule has 1 unspecified atom stereocenters. The molecule has 28 heavy (non-hydrogen) atoms. The molecule has 1 atom stereocenters. The van der Waals surface area contributed by atoms with E-state index in [1.807, 2.05) is 36.2 Å². The van der Waals surface area contributed by atoms with Crippen LogP contribution in [-0.2, 0) is 4.79 Å². The summed E-state index contributed by atoms with van der Waals surface area (Å²) in [5.74, 6) is -0.457. The molecule has 0 fully saturated rings. The van der Waals surface area contributed by atoms with E-state index in [4.69, 9.17) is 9.47 Å². The molecule has 0 spiro atoms. The fourth-order valence-corrected chi connectivity index (χ4v) is 2.62. The van der Waals surface area contributed by atoms with Gasteiger partial charge < -0.3 is 14.4 Å². The third-order valence-electron chi connectivity index (χ3n) is 4.61. The maximum absolute atomic E-state index is 13.4. The van der Waals surface area contributed by atoms with Crippen molar-refractivity contribution in [2.24, 2.45) is 0 Å². The Morgan fingerprint density at radius 2 is 1.68 bits per heavy atom. The Balaban J connectivity index is 1.80. The number of benzene rings is 2. The number of likely N-dealkylation sites (N-methyl/N-ethyl adjacent to an activating group) is 2. The normalized spacial score (nSPS) is 12.0. The summed E-state index contributed by atoms with van der Waals surface area (Å²) in [6.45, 7) is 2.96. The molecular formula is C21H26F2N2O3. The van der Waals surface area contributed by atoms with E-state index in [9.17, 15) is 13.6 Å². The molecule has 0 aliphatic carbocycles. The van der Waals surface area contributed by atoms with Crippen molar-refractivity contribution in [3.05, 3.63) is 59.7 Å². The van der Waals surface area contributed by atoms with Gasteiger partial charge in [0.15, 0.2) is 11.6 Å². The molecule has 0 bridgehead atoms. The van der Waals surface area contributed by atoms with Gasteiger partial charge in [-0.15, -0.1) is 0 Å². The van der Waals surface area contributed by atoms with Crippen LogP contribution in [-0.4, -0.2) is 56.6 Å². The van der Waals surface area contributed by atoms with Crippen molar-refractivity contribution in [3.63, 3.8) is 0 Å². The van der Waals surface area contributed by atoms with Gasteiger partial charge in [0, 0.05) is 13.6 Å². The lowest BCUT2D eigenvalue weighted by Crippen LogP contribution is -2.39. The topological polar surface area (TPSA) is 42.0 Å². The zero-order chi connectivity index (χ0) is 20.7. The van der Waals surface area contributed by atoms with Crippen LogP contribution in [0.4, 0.5) is 8.78 Å². The molecule has 2 aromatic carbocycles. The van der Waals surface area contributed by atoms with Crippen molar-refractivity contribution in [2.45, 2.75) is 13.0 Å². The summed E-state index contributed by atoms with van der Waals surface area (Å²) in [5.41, 5.74) is 0.542. The summed E-state index contributed by atoms with van der Waals surface area (Å²) in [7, 11) is 5.08. The average molecular weight is 392 g/mol. The van der Waals surface area contributed by atoms with Crippen LogP contribution in [0.5, 0.6) is 11.5 Å². The first-order valence-corrected chi connectivity index (χ1v) is 8.97. The zero-order valence-electron chi connectivity index (χ0n) is 16.6. The third-order valence-corrected chi connectivity index (χ3v) is 4.61. The summed E-state index contributed by atoms with van der Waals surface area (Å²) < 4.78 is 37.3. The van der Waals surface area contributed by atoms with Crippen molar-refractivity contribution in [3.8, 4) is 11.5 Å². The van der Waals surface area contributed by atoms with Crippen molar-refractivity contribution in [1.82, 2.24) is 9.80 Å². The van der Waals surface area contributed by atoms with E-state index in [0.717, 1.165) is 23.6 Å². The standard InChI is InChI=1S/C21H26F2N2O3/c1-15(16-5-10-19(22)20(23)13-16)25(3)21(26)14-24(2)11-12-28-18-8-6-17(27-4)7-9-18/h5-10,13,15H,11-12,14H2,1-4H3. The van der Waals surface area contributed by atoms with E-state index >= 15 is 0 Å². The lowest BCUT2D eigenvalue weighted by atomic mass is 10.1. The maximum atomic E-state index is 13.4. The van der Waals surface area contributed by atoms with Crippen LogP contribution >= 0.6 is 0 Å². The Morgan fingerprint density at radius 1 is 1.04 bits per heavy atom. The molecule has 0 saturated carbocycles. The first kappa shape index (κ1) is 21.6. The minimum absolute atomic E-state index is 0.121. The molecule has 0 aliphatic heterocycles. The number of nitrogens with zero attached hydrogens (tertiary/aromatic N) is 2. The van der Waals surface area contributed by atoms with Crippen molar-refractivity contribution < 1.29 is 23.0 Å². The molecule has 5 nitrogen and oxygen atoms in total. The smallest absolute Gasteiger partial charge is 0.236 e. The number of hydrogen-bond acceptors (Lipinski definition) is 4. The van der Waals surface area contributed by atoms with Gasteiger partial charge in [0.2, 0.25) is 5.91 Å². The van der Waals surface area contributed by atoms with Crippen LogP contribution in [0, 0.1) is 11.6 Å². The monoisotopic (exact) mass is 392 g/mol. The van der Waals surface area contributed by atoms with Crippen LogP contribution < -0.4 is 9.47 Å². The van der Waals surface area contributed by atoms with E-state index in [-0.39, 0.29) is 18.5 Å². The molecule has 0 radical (unpaired) electrons.